The van der Waals surface area contributed by atoms with E-state index in [0.29, 0.717) is 0 Å². The zero-order valence-electron chi connectivity index (χ0n) is 10.6. The van der Waals surface area contributed by atoms with E-state index in [0.717, 1.165) is 39.0 Å². The van der Waals surface area contributed by atoms with E-state index in [-0.39, 0.29) is 6.61 Å². The normalized spacial score (nSPS) is 11.4. The summed E-state index contributed by atoms with van der Waals surface area (Å²) in [6.07, 6.45) is 0. The topological polar surface area (TPSA) is 77.6 Å². The second kappa shape index (κ2) is 4.18. The first kappa shape index (κ1) is 11.2. The van der Waals surface area contributed by atoms with Crippen molar-refractivity contribution in [2.24, 2.45) is 0 Å². The zero-order valence-corrected chi connectivity index (χ0v) is 10.6. The summed E-state index contributed by atoms with van der Waals surface area (Å²) >= 11 is 0. The van der Waals surface area contributed by atoms with Gasteiger partial charge in [0, 0.05) is 5.39 Å². The molecule has 0 unspecified atom stereocenters. The number of H-pyrrole nitrogens is 2. The first-order chi connectivity index (χ1) is 9.85. The third-order valence-electron chi connectivity index (χ3n) is 3.42. The molecule has 0 radical (unpaired) electrons. The van der Waals surface area contributed by atoms with Crippen LogP contribution in [0.1, 0.15) is 5.56 Å². The Balaban J connectivity index is 1.93. The summed E-state index contributed by atoms with van der Waals surface area (Å²) < 4.78 is 0. The summed E-state index contributed by atoms with van der Waals surface area (Å²) in [4.78, 5) is 7.82. The number of hydrogen-bond acceptors (Lipinski definition) is 3. The van der Waals surface area contributed by atoms with Crippen molar-refractivity contribution in [3.8, 4) is 11.5 Å². The average Bonchev–Trinajstić information content (AvgIpc) is 3.09. The summed E-state index contributed by atoms with van der Waals surface area (Å²) in [6.45, 7) is 0.0234. The van der Waals surface area contributed by atoms with Gasteiger partial charge in [-0.3, -0.25) is 5.10 Å². The summed E-state index contributed by atoms with van der Waals surface area (Å²) in [5, 5.41) is 17.6. The van der Waals surface area contributed by atoms with Crippen molar-refractivity contribution in [3.63, 3.8) is 0 Å². The van der Waals surface area contributed by atoms with Crippen LogP contribution in [0.25, 0.3) is 33.5 Å². The van der Waals surface area contributed by atoms with Gasteiger partial charge in [-0.15, -0.1) is 0 Å². The first-order valence-electron chi connectivity index (χ1n) is 6.38. The van der Waals surface area contributed by atoms with Gasteiger partial charge in [0.1, 0.15) is 5.69 Å². The molecule has 5 nitrogen and oxygen atoms in total. The Bertz CT molecular complexity index is 906. The van der Waals surface area contributed by atoms with E-state index in [2.05, 4.69) is 20.2 Å². The fraction of sp³-hybridized carbons (Fsp3) is 0.0667. The Morgan fingerprint density at radius 1 is 1.05 bits per heavy atom. The number of benzene rings is 2. The number of nitrogens with zero attached hydrogens (tertiary/aromatic N) is 2. The Labute approximate surface area is 114 Å². The van der Waals surface area contributed by atoms with E-state index in [1.54, 1.807) is 0 Å². The highest BCUT2D eigenvalue weighted by Gasteiger charge is 2.12. The van der Waals surface area contributed by atoms with Gasteiger partial charge in [-0.1, -0.05) is 24.3 Å². The molecule has 5 heteroatoms. The second-order valence-corrected chi connectivity index (χ2v) is 4.71. The molecule has 0 aliphatic rings. The van der Waals surface area contributed by atoms with Crippen molar-refractivity contribution in [1.82, 2.24) is 20.2 Å². The maximum absolute atomic E-state index is 9.18. The van der Waals surface area contributed by atoms with E-state index in [1.165, 1.54) is 0 Å². The molecule has 0 aliphatic carbocycles. The third-order valence-corrected chi connectivity index (χ3v) is 3.42. The number of nitrogens with one attached hydrogen (secondary N) is 2. The molecule has 0 aliphatic heterocycles. The molecule has 0 saturated heterocycles. The first-order valence-corrected chi connectivity index (χ1v) is 6.38. The molecule has 0 fully saturated rings. The molecule has 2 aromatic heterocycles. The van der Waals surface area contributed by atoms with Crippen molar-refractivity contribution >= 4 is 21.9 Å². The maximum atomic E-state index is 9.18. The Morgan fingerprint density at radius 3 is 2.85 bits per heavy atom. The summed E-state index contributed by atoms with van der Waals surface area (Å²) in [5.74, 6) is 0.729. The predicted octanol–water partition coefficient (Wildman–Crippen LogP) is 2.60. The number of aliphatic hydroxyl groups excluding tert-OH is 1. The molecule has 0 spiro atoms. The minimum Gasteiger partial charge on any atom is -0.392 e. The number of aliphatic hydroxyl groups is 1. The van der Waals surface area contributed by atoms with Crippen LogP contribution in [0.2, 0.25) is 0 Å². The minimum atomic E-state index is 0.0234. The van der Waals surface area contributed by atoms with Gasteiger partial charge in [0.05, 0.1) is 23.2 Å². The lowest BCUT2D eigenvalue weighted by molar-refractivity contribution is 0.282. The molecule has 2 aromatic carbocycles. The lowest BCUT2D eigenvalue weighted by Gasteiger charge is -1.93. The molecule has 2 heterocycles. The van der Waals surface area contributed by atoms with Gasteiger partial charge >= 0.3 is 0 Å². The highest BCUT2D eigenvalue weighted by Crippen LogP contribution is 2.26. The third kappa shape index (κ3) is 1.60. The number of fused-ring (bicyclic) bond motifs is 2. The van der Waals surface area contributed by atoms with Crippen LogP contribution in [-0.4, -0.2) is 25.3 Å². The van der Waals surface area contributed by atoms with Gasteiger partial charge in [-0.2, -0.15) is 5.10 Å². The van der Waals surface area contributed by atoms with Gasteiger partial charge in [0.15, 0.2) is 5.82 Å². The number of aromatic amines is 2. The molecule has 0 bridgehead atoms. The molecule has 4 rings (SSSR count). The van der Waals surface area contributed by atoms with Crippen molar-refractivity contribution in [3.05, 3.63) is 48.0 Å². The second-order valence-electron chi connectivity index (χ2n) is 4.71. The van der Waals surface area contributed by atoms with Crippen molar-refractivity contribution in [2.75, 3.05) is 0 Å². The largest absolute Gasteiger partial charge is 0.392 e. The highest BCUT2D eigenvalue weighted by atomic mass is 16.3. The predicted molar refractivity (Wildman–Crippen MR) is 77.1 cm³/mol. The number of hydrogen-bond donors (Lipinski definition) is 3. The van der Waals surface area contributed by atoms with Crippen molar-refractivity contribution < 1.29 is 5.11 Å². The fourth-order valence-corrected chi connectivity index (χ4v) is 2.41. The van der Waals surface area contributed by atoms with Gasteiger partial charge in [0.25, 0.3) is 0 Å². The van der Waals surface area contributed by atoms with Crippen LogP contribution in [0.5, 0.6) is 0 Å². The molecular formula is C15H12N4O. The number of rotatable bonds is 2. The monoisotopic (exact) mass is 264 g/mol. The molecule has 20 heavy (non-hydrogen) atoms. The van der Waals surface area contributed by atoms with Crippen LogP contribution < -0.4 is 0 Å². The number of aromatic nitrogens is 4. The van der Waals surface area contributed by atoms with Gasteiger partial charge < -0.3 is 10.1 Å². The summed E-state index contributed by atoms with van der Waals surface area (Å²) in [7, 11) is 0. The molecule has 0 atom stereocenters. The van der Waals surface area contributed by atoms with Crippen molar-refractivity contribution in [2.45, 2.75) is 6.61 Å². The van der Waals surface area contributed by atoms with Crippen LogP contribution in [0.3, 0.4) is 0 Å². The minimum absolute atomic E-state index is 0.0234. The van der Waals surface area contributed by atoms with Crippen LogP contribution >= 0.6 is 0 Å². The molecule has 98 valence electrons. The van der Waals surface area contributed by atoms with Gasteiger partial charge in [-0.25, -0.2) is 4.98 Å². The average molecular weight is 264 g/mol. The van der Waals surface area contributed by atoms with E-state index >= 15 is 0 Å². The molecule has 3 N–H and O–H groups in total. The van der Waals surface area contributed by atoms with Gasteiger partial charge in [-0.05, 0) is 23.8 Å². The van der Waals surface area contributed by atoms with Crippen LogP contribution in [0.15, 0.2) is 42.5 Å². The quantitative estimate of drug-likeness (QED) is 0.520. The van der Waals surface area contributed by atoms with Crippen LogP contribution in [0, 0.1) is 0 Å². The molecule has 4 aromatic rings. The van der Waals surface area contributed by atoms with E-state index < -0.39 is 0 Å². The SMILES string of the molecule is OCc1ccc2nc(-c3n[nH]c4ccccc34)[nH]c2c1. The lowest BCUT2D eigenvalue weighted by atomic mass is 10.2. The zero-order chi connectivity index (χ0) is 13.5. The lowest BCUT2D eigenvalue weighted by Crippen LogP contribution is -1.81. The summed E-state index contributed by atoms with van der Waals surface area (Å²) in [6, 6.07) is 13.6. The van der Waals surface area contributed by atoms with Crippen molar-refractivity contribution in [1.29, 1.82) is 0 Å². The smallest absolute Gasteiger partial charge is 0.159 e. The van der Waals surface area contributed by atoms with Crippen LogP contribution in [0.4, 0.5) is 0 Å². The maximum Gasteiger partial charge on any atom is 0.159 e. The number of imidazole rings is 1. The van der Waals surface area contributed by atoms with Gasteiger partial charge in [0.2, 0.25) is 0 Å². The van der Waals surface area contributed by atoms with Crippen LogP contribution in [-0.2, 0) is 6.61 Å². The fourth-order valence-electron chi connectivity index (χ4n) is 2.41. The van der Waals surface area contributed by atoms with E-state index in [1.807, 2.05) is 42.5 Å². The van der Waals surface area contributed by atoms with E-state index in [4.69, 9.17) is 0 Å². The highest BCUT2D eigenvalue weighted by molar-refractivity contribution is 5.92. The Morgan fingerprint density at radius 2 is 1.95 bits per heavy atom. The number of para-hydroxylation sites is 1. The Kier molecular flexibility index (Phi) is 2.34. The molecule has 0 amide bonds. The summed E-state index contributed by atoms with van der Waals surface area (Å²) in [5.41, 5.74) is 4.42. The molecule has 0 saturated carbocycles. The van der Waals surface area contributed by atoms with E-state index in [9.17, 15) is 5.11 Å². The standard InChI is InChI=1S/C15H12N4O/c20-8-9-5-6-12-13(7-9)17-15(16-12)14-10-3-1-2-4-11(10)18-19-14/h1-7,20H,8H2,(H,16,17)(H,18,19). The Hall–Kier alpha value is -2.66. The molecular weight excluding hydrogens is 252 g/mol.